The molecule has 0 heterocycles. The minimum Gasteiger partial charge on any atom is -0.491 e. The van der Waals surface area contributed by atoms with Gasteiger partial charge in [-0.1, -0.05) is 6.58 Å². The zero-order valence-electron chi connectivity index (χ0n) is 16.2. The van der Waals surface area contributed by atoms with Crippen LogP contribution >= 0.6 is 0 Å². The summed E-state index contributed by atoms with van der Waals surface area (Å²) in [5.41, 5.74) is 1.06. The number of methoxy groups -OCH3 is 1. The molecule has 0 spiro atoms. The van der Waals surface area contributed by atoms with E-state index in [0.717, 1.165) is 0 Å². The fraction of sp³-hybridized carbons (Fsp3) is 0.190. The number of benzene rings is 2. The van der Waals surface area contributed by atoms with E-state index >= 15 is 0 Å². The third-order valence-electron chi connectivity index (χ3n) is 3.72. The maximum absolute atomic E-state index is 14.8. The maximum atomic E-state index is 14.8. The van der Waals surface area contributed by atoms with Gasteiger partial charge in [0, 0.05) is 30.8 Å². The second-order valence-electron chi connectivity index (χ2n) is 5.83. The lowest BCUT2D eigenvalue weighted by molar-refractivity contribution is -0.127. The number of rotatable bonds is 9. The molecule has 0 saturated carbocycles. The first kappa shape index (κ1) is 21.8. The fourth-order valence-corrected chi connectivity index (χ4v) is 2.46. The lowest BCUT2D eigenvalue weighted by Crippen LogP contribution is -2.31. The highest BCUT2D eigenvalue weighted by atomic mass is 19.1. The van der Waals surface area contributed by atoms with Crippen LogP contribution < -0.4 is 25.8 Å². The van der Waals surface area contributed by atoms with Crippen molar-refractivity contribution in [3.63, 3.8) is 0 Å². The lowest BCUT2D eigenvalue weighted by atomic mass is 10.2. The Bertz CT molecular complexity index is 1000. The zero-order chi connectivity index (χ0) is 21.2. The van der Waals surface area contributed by atoms with Gasteiger partial charge in [0.1, 0.15) is 24.0 Å². The van der Waals surface area contributed by atoms with E-state index in [1.54, 1.807) is 44.4 Å². The molecule has 0 aromatic heterocycles. The highest BCUT2D eigenvalue weighted by Crippen LogP contribution is 2.16. The van der Waals surface area contributed by atoms with Crippen molar-refractivity contribution >= 4 is 42.2 Å². The Morgan fingerprint density at radius 3 is 2.38 bits per heavy atom. The van der Waals surface area contributed by atoms with E-state index in [2.05, 4.69) is 22.2 Å². The number of anilines is 2. The van der Waals surface area contributed by atoms with Crippen molar-refractivity contribution in [2.75, 3.05) is 31.0 Å². The zero-order valence-corrected chi connectivity index (χ0v) is 16.2. The van der Waals surface area contributed by atoms with E-state index in [9.17, 15) is 14.0 Å². The standard InChI is InChI=1S/C21H22FN3O4/c1-4-23-21(25-16-7-5-15(6-8-16)24-19(27)13-26)20-14(2)11-17(12-18(20)22)29-10-9-28-3/h4-8,11-13,25H,2,9-10H2,1,3H3,(H,24,27)/b21-20-,23-4?. The maximum Gasteiger partial charge on any atom is 0.288 e. The quantitative estimate of drug-likeness (QED) is 0.290. The number of carbonyl (C=O) groups excluding carboxylic acids is 2. The molecule has 0 saturated heterocycles. The Labute approximate surface area is 167 Å². The number of hydrogen-bond acceptors (Lipinski definition) is 6. The molecule has 0 aliphatic carbocycles. The molecule has 152 valence electrons. The molecular formula is C21H22FN3O4. The Morgan fingerprint density at radius 2 is 1.83 bits per heavy atom. The van der Waals surface area contributed by atoms with Crippen molar-refractivity contribution in [1.82, 2.24) is 0 Å². The summed E-state index contributed by atoms with van der Waals surface area (Å²) in [7, 11) is 1.55. The van der Waals surface area contributed by atoms with Crippen molar-refractivity contribution in [2.45, 2.75) is 6.92 Å². The van der Waals surface area contributed by atoms with Gasteiger partial charge in [-0.2, -0.15) is 0 Å². The van der Waals surface area contributed by atoms with Gasteiger partial charge in [-0.15, -0.1) is 0 Å². The summed E-state index contributed by atoms with van der Waals surface area (Å²) in [5.74, 6) is -0.662. The predicted octanol–water partition coefficient (Wildman–Crippen LogP) is 1.67. The van der Waals surface area contributed by atoms with Crippen LogP contribution in [-0.4, -0.2) is 38.7 Å². The Kier molecular flexibility index (Phi) is 8.05. The van der Waals surface area contributed by atoms with Crippen LogP contribution in [-0.2, 0) is 14.3 Å². The van der Waals surface area contributed by atoms with Crippen LogP contribution in [0.4, 0.5) is 15.8 Å². The monoisotopic (exact) mass is 399 g/mol. The molecule has 1 amide bonds. The SMILES string of the molecule is C=c1cc(OCCOC)cc(F)/c1=C(/N=CC)Nc1ccc(NC(=O)C=O)cc1. The first-order valence-corrected chi connectivity index (χ1v) is 8.75. The Morgan fingerprint density at radius 1 is 1.17 bits per heavy atom. The fourth-order valence-electron chi connectivity index (χ4n) is 2.46. The number of amides is 1. The first-order chi connectivity index (χ1) is 14.0. The Balaban J connectivity index is 2.35. The number of hydrogen-bond donors (Lipinski definition) is 2. The molecule has 0 unspecified atom stereocenters. The minimum absolute atomic E-state index is 0.190. The van der Waals surface area contributed by atoms with Crippen LogP contribution in [0.3, 0.4) is 0 Å². The van der Waals surface area contributed by atoms with Crippen LogP contribution in [0.25, 0.3) is 12.4 Å². The molecule has 0 aliphatic rings. The average Bonchev–Trinajstić information content (AvgIpc) is 2.69. The molecule has 0 bridgehead atoms. The van der Waals surface area contributed by atoms with Crippen LogP contribution in [0.5, 0.6) is 5.75 Å². The molecule has 2 aromatic carbocycles. The van der Waals surface area contributed by atoms with E-state index in [4.69, 9.17) is 9.47 Å². The van der Waals surface area contributed by atoms with Gasteiger partial charge < -0.3 is 20.1 Å². The molecule has 7 nitrogen and oxygen atoms in total. The second-order valence-corrected chi connectivity index (χ2v) is 5.83. The number of aldehydes is 1. The molecule has 0 radical (unpaired) electrons. The molecule has 2 rings (SSSR count). The summed E-state index contributed by atoms with van der Waals surface area (Å²) >= 11 is 0. The largest absolute Gasteiger partial charge is 0.491 e. The van der Waals surface area contributed by atoms with Gasteiger partial charge in [-0.05, 0) is 42.5 Å². The summed E-state index contributed by atoms with van der Waals surface area (Å²) in [6, 6.07) is 9.42. The number of ether oxygens (including phenoxy) is 2. The molecule has 0 fully saturated rings. The van der Waals surface area contributed by atoms with Crippen molar-refractivity contribution < 1.29 is 23.5 Å². The van der Waals surface area contributed by atoms with Gasteiger partial charge in [0.15, 0.2) is 0 Å². The smallest absolute Gasteiger partial charge is 0.288 e. The van der Waals surface area contributed by atoms with Gasteiger partial charge in [-0.3, -0.25) is 9.59 Å². The van der Waals surface area contributed by atoms with E-state index in [-0.39, 0.29) is 17.3 Å². The van der Waals surface area contributed by atoms with Crippen molar-refractivity contribution in [3.05, 3.63) is 52.7 Å². The highest BCUT2D eigenvalue weighted by molar-refractivity contribution is 6.29. The van der Waals surface area contributed by atoms with Crippen LogP contribution in [0.1, 0.15) is 6.92 Å². The summed E-state index contributed by atoms with van der Waals surface area (Å²) in [6.07, 6.45) is 1.72. The molecule has 2 aromatic rings. The second kappa shape index (κ2) is 10.7. The first-order valence-electron chi connectivity index (χ1n) is 8.75. The molecule has 0 aliphatic heterocycles. The van der Waals surface area contributed by atoms with Gasteiger partial charge in [0.2, 0.25) is 6.29 Å². The van der Waals surface area contributed by atoms with Gasteiger partial charge >= 0.3 is 0 Å². The summed E-state index contributed by atoms with van der Waals surface area (Å²) in [5, 5.41) is 6.06. The van der Waals surface area contributed by atoms with Gasteiger partial charge in [0.25, 0.3) is 5.91 Å². The minimum atomic E-state index is -0.745. The van der Waals surface area contributed by atoms with E-state index in [1.165, 1.54) is 12.3 Å². The Hall–Kier alpha value is -3.52. The number of nitrogens with zero attached hydrogens (tertiary/aromatic N) is 1. The third kappa shape index (κ3) is 6.25. The molecule has 0 atom stereocenters. The van der Waals surface area contributed by atoms with Crippen LogP contribution in [0.2, 0.25) is 0 Å². The van der Waals surface area contributed by atoms with Crippen LogP contribution in [0, 0.1) is 5.82 Å². The van der Waals surface area contributed by atoms with E-state index in [1.807, 2.05) is 0 Å². The third-order valence-corrected chi connectivity index (χ3v) is 3.72. The molecule has 29 heavy (non-hydrogen) atoms. The number of nitrogens with one attached hydrogen (secondary N) is 2. The van der Waals surface area contributed by atoms with Crippen molar-refractivity contribution in [2.24, 2.45) is 4.99 Å². The van der Waals surface area contributed by atoms with Crippen LogP contribution in [0.15, 0.2) is 41.4 Å². The predicted molar refractivity (Wildman–Crippen MR) is 111 cm³/mol. The van der Waals surface area contributed by atoms with Crippen molar-refractivity contribution in [3.8, 4) is 5.75 Å². The average molecular weight is 399 g/mol. The number of halogens is 1. The molecule has 8 heteroatoms. The van der Waals surface area contributed by atoms with E-state index in [0.29, 0.717) is 35.6 Å². The van der Waals surface area contributed by atoms with E-state index < -0.39 is 11.7 Å². The summed E-state index contributed by atoms with van der Waals surface area (Å²) in [4.78, 5) is 25.8. The van der Waals surface area contributed by atoms with Gasteiger partial charge in [0.05, 0.1) is 11.8 Å². The topological polar surface area (TPSA) is 89.0 Å². The molecule has 2 N–H and O–H groups in total. The molecular weight excluding hydrogens is 377 g/mol. The highest BCUT2D eigenvalue weighted by Gasteiger charge is 2.07. The number of aliphatic imine (C=N–C) groups is 1. The normalized spacial score (nSPS) is 11.8. The summed E-state index contributed by atoms with van der Waals surface area (Å²) < 4.78 is 25.1. The lowest BCUT2D eigenvalue weighted by Gasteiger charge is -2.10. The van der Waals surface area contributed by atoms with Crippen molar-refractivity contribution in [1.29, 1.82) is 0 Å². The summed E-state index contributed by atoms with van der Waals surface area (Å²) in [6.45, 7) is 6.30. The van der Waals surface area contributed by atoms with Gasteiger partial charge in [-0.25, -0.2) is 9.38 Å². The number of carbonyl (C=O) groups is 2.